The SMILES string of the molecule is CCOC(=O)c1sc([S@@](C)=NS(=O)(=O)c2ccccc2Cl)c2c1CCC=C2. The molecule has 3 rings (SSSR count). The monoisotopic (exact) mass is 443 g/mol. The van der Waals surface area contributed by atoms with Crippen molar-refractivity contribution in [3.05, 3.63) is 51.4 Å². The second-order valence-corrected chi connectivity index (χ2v) is 10.8. The maximum absolute atomic E-state index is 12.7. The molecule has 0 fully saturated rings. The third-order valence-corrected chi connectivity index (χ3v) is 9.70. The topological polar surface area (TPSA) is 72.8 Å². The van der Waals surface area contributed by atoms with E-state index in [1.54, 1.807) is 25.3 Å². The molecule has 27 heavy (non-hydrogen) atoms. The Labute approximate surface area is 170 Å². The van der Waals surface area contributed by atoms with E-state index >= 15 is 0 Å². The maximum atomic E-state index is 12.7. The summed E-state index contributed by atoms with van der Waals surface area (Å²) in [6.45, 7) is 2.05. The summed E-state index contributed by atoms with van der Waals surface area (Å²) in [4.78, 5) is 12.8. The highest BCUT2D eigenvalue weighted by Gasteiger charge is 2.26. The van der Waals surface area contributed by atoms with Gasteiger partial charge < -0.3 is 4.74 Å². The van der Waals surface area contributed by atoms with E-state index < -0.39 is 20.7 Å². The number of hydrogen-bond donors (Lipinski definition) is 0. The van der Waals surface area contributed by atoms with Gasteiger partial charge in [0.2, 0.25) is 0 Å². The molecule has 1 aromatic carbocycles. The minimum Gasteiger partial charge on any atom is -0.462 e. The zero-order valence-corrected chi connectivity index (χ0v) is 18.0. The van der Waals surface area contributed by atoms with Gasteiger partial charge in [0.15, 0.2) is 0 Å². The molecule has 0 bridgehead atoms. The van der Waals surface area contributed by atoms with Gasteiger partial charge in [0.05, 0.1) is 15.8 Å². The zero-order chi connectivity index (χ0) is 19.6. The zero-order valence-electron chi connectivity index (χ0n) is 14.8. The molecule has 2 aromatic rings. The average Bonchev–Trinajstić information content (AvgIpc) is 3.02. The lowest BCUT2D eigenvalue weighted by atomic mass is 10.00. The molecule has 1 atom stereocenters. The number of halogens is 1. The van der Waals surface area contributed by atoms with Gasteiger partial charge in [-0.1, -0.05) is 35.9 Å². The molecule has 1 heterocycles. The minimum absolute atomic E-state index is 0.0161. The summed E-state index contributed by atoms with van der Waals surface area (Å²) in [6.07, 6.45) is 7.26. The first-order chi connectivity index (χ1) is 12.8. The van der Waals surface area contributed by atoms with Crippen LogP contribution in [0.4, 0.5) is 0 Å². The van der Waals surface area contributed by atoms with Crippen LogP contribution in [0.1, 0.15) is 34.1 Å². The molecule has 0 radical (unpaired) electrons. The highest BCUT2D eigenvalue weighted by molar-refractivity contribution is 8.00. The van der Waals surface area contributed by atoms with Gasteiger partial charge in [-0.3, -0.25) is 0 Å². The van der Waals surface area contributed by atoms with E-state index in [2.05, 4.69) is 3.77 Å². The first-order valence-electron chi connectivity index (χ1n) is 8.23. The highest BCUT2D eigenvalue weighted by Crippen LogP contribution is 2.37. The predicted molar refractivity (Wildman–Crippen MR) is 110 cm³/mol. The number of benzene rings is 1. The number of thiophene rings is 1. The van der Waals surface area contributed by atoms with Crippen LogP contribution in [0.2, 0.25) is 5.02 Å². The predicted octanol–water partition coefficient (Wildman–Crippen LogP) is 4.72. The maximum Gasteiger partial charge on any atom is 0.348 e. The van der Waals surface area contributed by atoms with E-state index in [1.165, 1.54) is 23.5 Å². The van der Waals surface area contributed by atoms with Crippen molar-refractivity contribution >= 4 is 55.7 Å². The smallest absolute Gasteiger partial charge is 0.348 e. The molecule has 0 unspecified atom stereocenters. The van der Waals surface area contributed by atoms with Crippen LogP contribution in [0.25, 0.3) is 6.08 Å². The fourth-order valence-electron chi connectivity index (χ4n) is 2.76. The number of nitrogens with zero attached hydrogens (tertiary/aromatic N) is 1. The van der Waals surface area contributed by atoms with Crippen molar-refractivity contribution in [3.8, 4) is 0 Å². The quantitative estimate of drug-likeness (QED) is 0.627. The molecule has 5 nitrogen and oxygen atoms in total. The van der Waals surface area contributed by atoms with Gasteiger partial charge in [0.1, 0.15) is 9.77 Å². The van der Waals surface area contributed by atoms with Gasteiger partial charge in [0, 0.05) is 5.56 Å². The largest absolute Gasteiger partial charge is 0.462 e. The van der Waals surface area contributed by atoms with Gasteiger partial charge in [-0.05, 0) is 54.4 Å². The highest BCUT2D eigenvalue weighted by atomic mass is 35.5. The number of rotatable bonds is 5. The van der Waals surface area contributed by atoms with Crippen LogP contribution < -0.4 is 0 Å². The number of carbonyl (C=O) groups excluding carboxylic acids is 1. The summed E-state index contributed by atoms with van der Waals surface area (Å²) < 4.78 is 35.4. The first kappa shape index (κ1) is 20.3. The molecule has 1 aromatic heterocycles. The Hall–Kier alpha value is -1.48. The molecular formula is C18H18ClNO4S3. The summed E-state index contributed by atoms with van der Waals surface area (Å²) in [5, 5.41) is 0.138. The number of hydrogen-bond acceptors (Lipinski definition) is 5. The molecule has 0 amide bonds. The summed E-state index contributed by atoms with van der Waals surface area (Å²) >= 11 is 7.30. The Morgan fingerprint density at radius 3 is 2.81 bits per heavy atom. The van der Waals surface area contributed by atoms with Gasteiger partial charge in [-0.25, -0.2) is 4.79 Å². The number of fused-ring (bicyclic) bond motifs is 1. The van der Waals surface area contributed by atoms with Crippen molar-refractivity contribution in [2.24, 2.45) is 3.77 Å². The molecule has 0 saturated carbocycles. The Morgan fingerprint density at radius 2 is 2.11 bits per heavy atom. The third-order valence-electron chi connectivity index (χ3n) is 3.91. The Balaban J connectivity index is 2.09. The van der Waals surface area contributed by atoms with Crippen molar-refractivity contribution < 1.29 is 17.9 Å². The van der Waals surface area contributed by atoms with Crippen molar-refractivity contribution in [3.63, 3.8) is 0 Å². The normalized spacial score (nSPS) is 14.8. The molecule has 0 N–H and O–H groups in total. The van der Waals surface area contributed by atoms with E-state index in [0.29, 0.717) is 11.5 Å². The van der Waals surface area contributed by atoms with Crippen molar-refractivity contribution in [1.82, 2.24) is 0 Å². The second kappa shape index (κ2) is 8.26. The summed E-state index contributed by atoms with van der Waals surface area (Å²) in [7, 11) is -4.88. The van der Waals surface area contributed by atoms with Crippen LogP contribution in [-0.2, 0) is 31.9 Å². The number of esters is 1. The standard InChI is InChI=1S/C18H18ClNO4S3/c1-3-24-17(21)16-12-8-4-5-9-13(12)18(25-16)26(2)20-27(22,23)15-11-7-6-10-14(15)19/h5-7,9-11H,3-4,8H2,1-2H3/t26-/m1/s1. The molecule has 1 aliphatic rings. The van der Waals surface area contributed by atoms with Crippen LogP contribution in [0, 0.1) is 0 Å². The number of sulfonamides is 1. The van der Waals surface area contributed by atoms with Gasteiger partial charge in [-0.15, -0.1) is 15.1 Å². The van der Waals surface area contributed by atoms with E-state index in [-0.39, 0.29) is 15.9 Å². The van der Waals surface area contributed by atoms with Crippen LogP contribution in [0.3, 0.4) is 0 Å². The summed E-state index contributed by atoms with van der Waals surface area (Å²) in [5.74, 6) is -0.369. The van der Waals surface area contributed by atoms with Gasteiger partial charge in [0.25, 0.3) is 10.0 Å². The summed E-state index contributed by atoms with van der Waals surface area (Å²) in [5.41, 5.74) is 1.80. The first-order valence-corrected chi connectivity index (χ1v) is 12.5. The molecule has 0 saturated heterocycles. The van der Waals surface area contributed by atoms with Gasteiger partial charge in [-0.2, -0.15) is 8.42 Å². The minimum atomic E-state index is -3.91. The molecule has 0 spiro atoms. The van der Waals surface area contributed by atoms with E-state index in [9.17, 15) is 13.2 Å². The molecular weight excluding hydrogens is 426 g/mol. The molecule has 1 aliphatic carbocycles. The van der Waals surface area contributed by atoms with Crippen LogP contribution in [-0.4, -0.2) is 27.2 Å². The van der Waals surface area contributed by atoms with Crippen LogP contribution >= 0.6 is 22.9 Å². The lowest BCUT2D eigenvalue weighted by Gasteiger charge is -2.09. The van der Waals surface area contributed by atoms with Crippen molar-refractivity contribution in [1.29, 1.82) is 0 Å². The lowest BCUT2D eigenvalue weighted by Crippen LogP contribution is -2.06. The van der Waals surface area contributed by atoms with E-state index in [1.807, 2.05) is 12.2 Å². The molecule has 0 aliphatic heterocycles. The number of ether oxygens (including phenoxy) is 1. The number of carbonyl (C=O) groups is 1. The number of allylic oxidation sites excluding steroid dienone is 1. The fourth-order valence-corrected chi connectivity index (χ4v) is 8.00. The van der Waals surface area contributed by atoms with Gasteiger partial charge >= 0.3 is 5.97 Å². The van der Waals surface area contributed by atoms with E-state index in [0.717, 1.165) is 28.2 Å². The third kappa shape index (κ3) is 4.18. The Bertz CT molecular complexity index is 1050. The molecule has 144 valence electrons. The molecule has 9 heteroatoms. The summed E-state index contributed by atoms with van der Waals surface area (Å²) in [6, 6.07) is 6.23. The van der Waals surface area contributed by atoms with Crippen LogP contribution in [0.15, 0.2) is 43.2 Å². The second-order valence-electron chi connectivity index (χ2n) is 5.73. The lowest BCUT2D eigenvalue weighted by molar-refractivity contribution is 0.0531. The fraction of sp³-hybridized carbons (Fsp3) is 0.278. The van der Waals surface area contributed by atoms with Crippen molar-refractivity contribution in [2.75, 3.05) is 12.9 Å². The Morgan fingerprint density at radius 1 is 1.37 bits per heavy atom. The van der Waals surface area contributed by atoms with Crippen molar-refractivity contribution in [2.45, 2.75) is 28.9 Å². The Kier molecular flexibility index (Phi) is 6.20. The van der Waals surface area contributed by atoms with E-state index in [4.69, 9.17) is 16.3 Å². The average molecular weight is 444 g/mol. The van der Waals surface area contributed by atoms with Crippen LogP contribution in [0.5, 0.6) is 0 Å².